The Hall–Kier alpha value is -1.10. The number of urea groups is 1. The highest BCUT2D eigenvalue weighted by Gasteiger charge is 2.00. The normalized spacial score (nSPS) is 9.50. The van der Waals surface area contributed by atoms with E-state index >= 15 is 0 Å². The van der Waals surface area contributed by atoms with E-state index in [0.717, 1.165) is 0 Å². The lowest BCUT2D eigenvalue weighted by Crippen LogP contribution is -2.19. The number of nitrogens with two attached hydrogens (primary N) is 1. The number of carbonyl (C=O) groups excluding carboxylic acids is 1. The van der Waals surface area contributed by atoms with Gasteiger partial charge in [-0.05, 0) is 34.1 Å². The predicted molar refractivity (Wildman–Crippen MR) is 47.3 cm³/mol. The van der Waals surface area contributed by atoms with E-state index in [2.05, 4.69) is 21.2 Å². The Labute approximate surface area is 76.9 Å². The lowest BCUT2D eigenvalue weighted by molar-refractivity contribution is 0.259. The maximum atomic E-state index is 12.6. The fraction of sp³-hybridized carbons (Fsp3) is 0. The second-order valence-corrected chi connectivity index (χ2v) is 2.97. The van der Waals surface area contributed by atoms with E-state index in [1.54, 1.807) is 0 Å². The topological polar surface area (TPSA) is 55.1 Å². The number of halogens is 2. The highest BCUT2D eigenvalue weighted by Crippen LogP contribution is 2.19. The van der Waals surface area contributed by atoms with Gasteiger partial charge in [-0.25, -0.2) is 9.18 Å². The minimum Gasteiger partial charge on any atom is -0.351 e. The fourth-order valence-corrected chi connectivity index (χ4v) is 1.09. The molecule has 0 aliphatic heterocycles. The van der Waals surface area contributed by atoms with Crippen molar-refractivity contribution in [3.63, 3.8) is 0 Å². The third-order valence-electron chi connectivity index (χ3n) is 1.19. The van der Waals surface area contributed by atoms with Crippen LogP contribution in [0.15, 0.2) is 22.7 Å². The van der Waals surface area contributed by atoms with E-state index in [1.807, 2.05) is 0 Å². The highest BCUT2D eigenvalue weighted by atomic mass is 79.9. The van der Waals surface area contributed by atoms with Crippen LogP contribution in [0.1, 0.15) is 0 Å². The van der Waals surface area contributed by atoms with Crippen LogP contribution in [0.25, 0.3) is 0 Å². The quantitative estimate of drug-likeness (QED) is 0.766. The van der Waals surface area contributed by atoms with Crippen LogP contribution < -0.4 is 11.1 Å². The Bertz CT molecular complexity index is 316. The van der Waals surface area contributed by atoms with Gasteiger partial charge in [0.25, 0.3) is 0 Å². The van der Waals surface area contributed by atoms with Crippen molar-refractivity contribution >= 4 is 27.6 Å². The number of anilines is 1. The number of rotatable bonds is 1. The maximum absolute atomic E-state index is 12.6. The van der Waals surface area contributed by atoms with Gasteiger partial charge in [0.1, 0.15) is 5.82 Å². The molecule has 0 atom stereocenters. The second kappa shape index (κ2) is 3.53. The van der Waals surface area contributed by atoms with Crippen molar-refractivity contribution in [2.24, 2.45) is 5.73 Å². The lowest BCUT2D eigenvalue weighted by atomic mass is 10.3. The van der Waals surface area contributed by atoms with Crippen LogP contribution in [-0.4, -0.2) is 6.03 Å². The summed E-state index contributed by atoms with van der Waals surface area (Å²) in [6, 6.07) is 3.41. The third kappa shape index (κ3) is 2.20. The average molecular weight is 233 g/mol. The first-order chi connectivity index (χ1) is 5.59. The van der Waals surface area contributed by atoms with E-state index in [4.69, 9.17) is 5.73 Å². The Kier molecular flexibility index (Phi) is 2.65. The molecule has 1 aromatic rings. The second-order valence-electron chi connectivity index (χ2n) is 2.12. The molecule has 5 heteroatoms. The van der Waals surface area contributed by atoms with Crippen LogP contribution >= 0.6 is 15.9 Å². The Morgan fingerprint density at radius 2 is 2.25 bits per heavy atom. The zero-order valence-corrected chi connectivity index (χ0v) is 7.56. The van der Waals surface area contributed by atoms with Gasteiger partial charge in [-0.3, -0.25) is 0 Å². The monoisotopic (exact) mass is 232 g/mol. The van der Waals surface area contributed by atoms with Gasteiger partial charge >= 0.3 is 6.03 Å². The zero-order valence-electron chi connectivity index (χ0n) is 5.97. The number of primary amides is 1. The van der Waals surface area contributed by atoms with Crippen molar-refractivity contribution in [2.75, 3.05) is 5.32 Å². The molecule has 0 bridgehead atoms. The molecule has 1 rings (SSSR count). The summed E-state index contributed by atoms with van der Waals surface area (Å²) in [7, 11) is 0. The predicted octanol–water partition coefficient (Wildman–Crippen LogP) is 2.08. The van der Waals surface area contributed by atoms with Crippen LogP contribution in [0.2, 0.25) is 0 Å². The first kappa shape index (κ1) is 8.99. The van der Waals surface area contributed by atoms with Crippen molar-refractivity contribution in [1.82, 2.24) is 0 Å². The van der Waals surface area contributed by atoms with Gasteiger partial charge in [0.05, 0.1) is 4.47 Å². The molecule has 0 aromatic heterocycles. The molecular formula is C7H6BrFN2O. The molecule has 0 aliphatic rings. The Balaban J connectivity index is 2.89. The molecule has 0 saturated heterocycles. The van der Waals surface area contributed by atoms with Crippen molar-refractivity contribution < 1.29 is 9.18 Å². The third-order valence-corrected chi connectivity index (χ3v) is 1.79. The number of nitrogens with one attached hydrogen (secondary N) is 1. The number of hydrogen-bond acceptors (Lipinski definition) is 1. The summed E-state index contributed by atoms with van der Waals surface area (Å²) in [6.07, 6.45) is 0. The fourth-order valence-electron chi connectivity index (χ4n) is 0.716. The first-order valence-electron chi connectivity index (χ1n) is 3.11. The zero-order chi connectivity index (χ0) is 9.14. The van der Waals surface area contributed by atoms with Gasteiger partial charge in [0.15, 0.2) is 0 Å². The molecule has 2 amide bonds. The van der Waals surface area contributed by atoms with E-state index in [1.165, 1.54) is 18.2 Å². The number of hydrogen-bond donors (Lipinski definition) is 2. The van der Waals surface area contributed by atoms with Crippen molar-refractivity contribution in [2.45, 2.75) is 0 Å². The minimum atomic E-state index is -0.673. The summed E-state index contributed by atoms with van der Waals surface area (Å²) in [5.41, 5.74) is 5.31. The largest absolute Gasteiger partial charge is 0.351 e. The molecule has 0 saturated carbocycles. The molecule has 3 nitrogen and oxygen atoms in total. The summed E-state index contributed by atoms with van der Waals surface area (Å²) in [5.74, 6) is -0.384. The maximum Gasteiger partial charge on any atom is 0.316 e. The van der Waals surface area contributed by atoms with Crippen LogP contribution in [0.3, 0.4) is 0 Å². The van der Waals surface area contributed by atoms with Gasteiger partial charge in [-0.2, -0.15) is 0 Å². The van der Waals surface area contributed by atoms with E-state index in [9.17, 15) is 9.18 Å². The standard InChI is InChI=1S/C7H6BrFN2O/c8-5-3-4(11-7(10)12)1-2-6(5)9/h1-3H,(H3,10,11,12). The molecule has 0 unspecified atom stereocenters. The van der Waals surface area contributed by atoms with Gasteiger partial charge in [0.2, 0.25) is 0 Å². The van der Waals surface area contributed by atoms with E-state index < -0.39 is 6.03 Å². The van der Waals surface area contributed by atoms with Gasteiger partial charge in [0, 0.05) is 5.69 Å². The molecule has 0 heterocycles. The van der Waals surface area contributed by atoms with Crippen LogP contribution in [0, 0.1) is 5.82 Å². The van der Waals surface area contributed by atoms with Gasteiger partial charge in [-0.15, -0.1) is 0 Å². The summed E-state index contributed by atoms with van der Waals surface area (Å²) in [5, 5.41) is 2.32. The van der Waals surface area contributed by atoms with E-state index in [-0.39, 0.29) is 10.3 Å². The Morgan fingerprint density at radius 3 is 2.75 bits per heavy atom. The molecule has 0 aliphatic carbocycles. The smallest absolute Gasteiger partial charge is 0.316 e. The summed E-state index contributed by atoms with van der Waals surface area (Å²) in [4.78, 5) is 10.4. The minimum absolute atomic E-state index is 0.286. The molecule has 64 valence electrons. The highest BCUT2D eigenvalue weighted by molar-refractivity contribution is 9.10. The Morgan fingerprint density at radius 1 is 1.58 bits per heavy atom. The molecule has 1 aromatic carbocycles. The van der Waals surface area contributed by atoms with Crippen molar-refractivity contribution in [1.29, 1.82) is 0 Å². The van der Waals surface area contributed by atoms with Gasteiger partial charge < -0.3 is 11.1 Å². The van der Waals surface area contributed by atoms with Crippen LogP contribution in [0.4, 0.5) is 14.9 Å². The molecule has 12 heavy (non-hydrogen) atoms. The molecule has 0 spiro atoms. The average Bonchev–Trinajstić information content (AvgIpc) is 1.96. The van der Waals surface area contributed by atoms with Crippen LogP contribution in [0.5, 0.6) is 0 Å². The SMILES string of the molecule is NC(=O)Nc1ccc(F)c(Br)c1. The summed E-state index contributed by atoms with van der Waals surface area (Å²) < 4.78 is 12.9. The molecular weight excluding hydrogens is 227 g/mol. The number of benzene rings is 1. The summed E-state index contributed by atoms with van der Waals surface area (Å²) in [6.45, 7) is 0. The van der Waals surface area contributed by atoms with Crippen molar-refractivity contribution in [3.05, 3.63) is 28.5 Å². The number of carbonyl (C=O) groups is 1. The summed E-state index contributed by atoms with van der Waals surface area (Å²) >= 11 is 2.97. The lowest BCUT2D eigenvalue weighted by Gasteiger charge is -2.01. The number of amides is 2. The van der Waals surface area contributed by atoms with Crippen molar-refractivity contribution in [3.8, 4) is 0 Å². The first-order valence-corrected chi connectivity index (χ1v) is 3.90. The molecule has 0 fully saturated rings. The van der Waals surface area contributed by atoms with Gasteiger partial charge in [-0.1, -0.05) is 0 Å². The molecule has 3 N–H and O–H groups in total. The molecule has 0 radical (unpaired) electrons. The van der Waals surface area contributed by atoms with E-state index in [0.29, 0.717) is 5.69 Å². The van der Waals surface area contributed by atoms with Crippen LogP contribution in [-0.2, 0) is 0 Å².